The number of phenolic OH excluding ortho intramolecular Hbond substituents is 2. The third-order valence-electron chi connectivity index (χ3n) is 23.0. The molecule has 0 atom stereocenters. The molecule has 0 aliphatic carbocycles. The van der Waals surface area contributed by atoms with Gasteiger partial charge < -0.3 is 29.8 Å². The Morgan fingerprint density at radius 1 is 0.278 bits per heavy atom. The summed E-state index contributed by atoms with van der Waals surface area (Å²) in [6.45, 7) is 16.6. The normalized spacial score (nSPS) is 16.3. The maximum absolute atomic E-state index is 11.0. The summed E-state index contributed by atoms with van der Waals surface area (Å²) in [4.78, 5) is 9.98. The minimum Gasteiger partial charge on any atom is -0.505 e. The average Bonchev–Trinajstić information content (AvgIpc) is 0.805. The number of benzene rings is 4. The van der Waals surface area contributed by atoms with Crippen molar-refractivity contribution in [3.8, 4) is 11.5 Å². The zero-order chi connectivity index (χ0) is 72.5. The van der Waals surface area contributed by atoms with Crippen LogP contribution in [0.25, 0.3) is 0 Å². The molecule has 10 aromatic rings. The zero-order valence-electron chi connectivity index (χ0n) is 62.5. The third kappa shape index (κ3) is 16.3. The molecular formula is C86H102N20O2+6. The van der Waals surface area contributed by atoms with Gasteiger partial charge in [0.15, 0.2) is 75.8 Å². The van der Waals surface area contributed by atoms with Gasteiger partial charge in [-0.3, -0.25) is 0 Å². The van der Waals surface area contributed by atoms with Crippen molar-refractivity contribution < 1.29 is 37.6 Å². The lowest BCUT2D eigenvalue weighted by Crippen LogP contribution is -2.37. The van der Waals surface area contributed by atoms with E-state index in [1.54, 1.807) is 0 Å². The number of aryl methyl sites for hydroxylation is 14. The van der Waals surface area contributed by atoms with Crippen molar-refractivity contribution in [3.05, 3.63) is 216 Å². The van der Waals surface area contributed by atoms with E-state index >= 15 is 0 Å². The van der Waals surface area contributed by atoms with Gasteiger partial charge in [-0.1, -0.05) is 0 Å². The smallest absolute Gasteiger partial charge is 0.243 e. The van der Waals surface area contributed by atoms with Crippen molar-refractivity contribution in [2.75, 3.05) is 72.0 Å². The summed E-state index contributed by atoms with van der Waals surface area (Å²) in [5, 5.41) is 58.3. The fraction of sp³-hybridized carbons (Fsp3) is 0.419. The molecule has 0 saturated carbocycles. The molecule has 0 spiro atoms. The van der Waals surface area contributed by atoms with Crippen LogP contribution in [0.5, 0.6) is 11.5 Å². The van der Waals surface area contributed by atoms with Gasteiger partial charge in [0.25, 0.3) is 0 Å². The highest BCUT2D eigenvalue weighted by molar-refractivity contribution is 5.76. The molecule has 0 saturated heterocycles. The zero-order valence-corrected chi connectivity index (χ0v) is 62.5. The second kappa shape index (κ2) is 32.7. The molecule has 6 aromatic heterocycles. The van der Waals surface area contributed by atoms with Crippen molar-refractivity contribution in [3.63, 3.8) is 0 Å². The van der Waals surface area contributed by atoms with Crippen LogP contribution in [0.2, 0.25) is 0 Å². The van der Waals surface area contributed by atoms with Crippen LogP contribution in [0, 0.1) is 0 Å². The Labute approximate surface area is 633 Å². The third-order valence-corrected chi connectivity index (χ3v) is 23.0. The van der Waals surface area contributed by atoms with E-state index in [4.69, 9.17) is 0 Å². The van der Waals surface area contributed by atoms with Gasteiger partial charge in [-0.05, 0) is 173 Å². The number of phenols is 2. The molecule has 22 nitrogen and oxygen atoms in total. The van der Waals surface area contributed by atoms with Crippen molar-refractivity contribution in [2.24, 2.45) is 40.9 Å². The molecule has 18 rings (SSSR count). The molecule has 4 aromatic carbocycles. The number of imidazole rings is 2. The first-order valence-corrected chi connectivity index (χ1v) is 40.1. The summed E-state index contributed by atoms with van der Waals surface area (Å²) in [6, 6.07) is 29.2. The van der Waals surface area contributed by atoms with Crippen molar-refractivity contribution in [1.29, 1.82) is 0 Å². The van der Waals surface area contributed by atoms with Gasteiger partial charge in [-0.15, -0.1) is 20.5 Å². The number of nitrogens with zero attached hydrogens (tertiary/aromatic N) is 20. The lowest BCUT2D eigenvalue weighted by Gasteiger charge is -2.37. The van der Waals surface area contributed by atoms with Crippen LogP contribution in [0.15, 0.2) is 213 Å². The molecule has 0 unspecified atom stereocenters. The summed E-state index contributed by atoms with van der Waals surface area (Å²) in [6.07, 6.45) is 51.7. The fourth-order valence-electron chi connectivity index (χ4n) is 17.8. The quantitative estimate of drug-likeness (QED) is 0.0448. The Balaban J connectivity index is 0.000000158. The molecule has 8 aliphatic rings. The van der Waals surface area contributed by atoms with E-state index < -0.39 is 0 Å². The van der Waals surface area contributed by atoms with E-state index in [1.807, 2.05) is 36.4 Å². The summed E-state index contributed by atoms with van der Waals surface area (Å²) < 4.78 is 17.9. The van der Waals surface area contributed by atoms with Crippen LogP contribution in [-0.4, -0.2) is 71.7 Å². The molecule has 0 fully saturated rings. The molecule has 2 N–H and O–H groups in total. The van der Waals surface area contributed by atoms with E-state index in [9.17, 15) is 10.2 Å². The van der Waals surface area contributed by atoms with E-state index in [-0.39, 0.29) is 0 Å². The van der Waals surface area contributed by atoms with Crippen LogP contribution in [-0.2, 0) is 104 Å². The van der Waals surface area contributed by atoms with Gasteiger partial charge in [0.2, 0.25) is 12.7 Å². The SMILES string of the molecule is Oc1c(N=Nc2cc[n+](CCCn3cc[n+](CCC[n+]4ccc(N=Nc5cc6c7c(c5O)CCCN7CCC6)cc4)c3)cc2)cc2c3c1CCCN3CCC2.c1c[n+](CCCn2cc[n+](CCC[n+]3ccc(N=Nc4cc5c6c(c4)CCCN6CCC5)cc3)c2)ccc1N=Nc1cc2c3c(c1)CCCN3CCC2. The highest BCUT2D eigenvalue weighted by Gasteiger charge is 2.31. The molecule has 108 heavy (non-hydrogen) atoms. The van der Waals surface area contributed by atoms with Crippen molar-refractivity contribution in [2.45, 2.75) is 181 Å². The first-order valence-electron chi connectivity index (χ1n) is 40.1. The Bertz CT molecular complexity index is 4590. The molecule has 552 valence electrons. The van der Waals surface area contributed by atoms with E-state index in [1.165, 1.54) is 108 Å². The topological polar surface area (TPSA) is 185 Å². The molecule has 22 heteroatoms. The summed E-state index contributed by atoms with van der Waals surface area (Å²) >= 11 is 0. The van der Waals surface area contributed by atoms with Crippen molar-refractivity contribution in [1.82, 2.24) is 9.13 Å². The van der Waals surface area contributed by atoms with Gasteiger partial charge in [0, 0.05) is 160 Å². The Morgan fingerprint density at radius 3 is 0.880 bits per heavy atom. The van der Waals surface area contributed by atoms with Gasteiger partial charge in [0.05, 0.1) is 60.3 Å². The number of anilines is 4. The van der Waals surface area contributed by atoms with Crippen LogP contribution in [0.1, 0.15) is 122 Å². The highest BCUT2D eigenvalue weighted by Crippen LogP contribution is 2.48. The summed E-state index contributed by atoms with van der Waals surface area (Å²) in [5.74, 6) is 0.583. The number of pyridine rings is 4. The van der Waals surface area contributed by atoms with Gasteiger partial charge >= 0.3 is 0 Å². The van der Waals surface area contributed by atoms with Gasteiger partial charge in [0.1, 0.15) is 47.7 Å². The number of aromatic nitrogens is 8. The van der Waals surface area contributed by atoms with Crippen LogP contribution < -0.4 is 47.0 Å². The number of aromatic hydroxyl groups is 2. The van der Waals surface area contributed by atoms with Crippen LogP contribution >= 0.6 is 0 Å². The average molecular weight is 1450 g/mol. The maximum Gasteiger partial charge on any atom is 0.243 e. The first-order chi connectivity index (χ1) is 53.2. The van der Waals surface area contributed by atoms with Crippen LogP contribution in [0.4, 0.5) is 68.2 Å². The highest BCUT2D eigenvalue weighted by atomic mass is 16.3. The summed E-state index contributed by atoms with van der Waals surface area (Å²) in [5.41, 5.74) is 22.4. The first kappa shape index (κ1) is 70.1. The number of azo groups is 4. The van der Waals surface area contributed by atoms with Crippen LogP contribution in [0.3, 0.4) is 0 Å². The standard InChI is InChI=1S/C43H49N10O2.C43H51N10/c54-42-36-9-3-21-52-19-1-7-32(40(36)52)29-38(42)46-44-34-11-23-48(24-12-34)15-5-17-50-27-28-51(31-50)18-6-16-49-25-13-35(14-26-49)45-47-39-30-33-8-2-20-53-22-4-10-37(41(33)53)43(39)55;1-7-34-29-40(30-35-8-2-20-52(19-1)42(34)35)46-44-38-11-23-48(24-12-38)15-5-17-50-27-28-51(33-50)18-6-16-49-25-13-39(14-26-49)45-47-41-31-36-9-3-21-53-22-4-10-37(32-41)43(36)53/h11-14,23-31H,1-10,15-22H2;11-14,23-33H,1-10,15-22H2/q+1;+3/p+2. The molecule has 0 amide bonds. The Hall–Kier alpha value is -10.9. The predicted octanol–water partition coefficient (Wildman–Crippen LogP) is 14.9. The second-order valence-corrected chi connectivity index (χ2v) is 30.6. The van der Waals surface area contributed by atoms with Gasteiger partial charge in [-0.25, -0.2) is 36.5 Å². The minimum absolute atomic E-state index is 0.292. The molecule has 0 bridgehead atoms. The fourth-order valence-corrected chi connectivity index (χ4v) is 17.8. The van der Waals surface area contributed by atoms with E-state index in [2.05, 4.69) is 233 Å². The Morgan fingerprint density at radius 2 is 0.546 bits per heavy atom. The second-order valence-electron chi connectivity index (χ2n) is 30.6. The lowest BCUT2D eigenvalue weighted by molar-refractivity contribution is -0.726. The van der Waals surface area contributed by atoms with E-state index in [0.717, 1.165) is 227 Å². The number of hydrogen-bond acceptors (Lipinski definition) is 14. The lowest BCUT2D eigenvalue weighted by atomic mass is 9.90. The predicted molar refractivity (Wildman–Crippen MR) is 415 cm³/mol. The molecule has 14 heterocycles. The van der Waals surface area contributed by atoms with Crippen molar-refractivity contribution >= 4 is 68.2 Å². The summed E-state index contributed by atoms with van der Waals surface area (Å²) in [7, 11) is 0. The van der Waals surface area contributed by atoms with Gasteiger partial charge in [-0.2, -0.15) is 20.5 Å². The number of rotatable bonds is 24. The Kier molecular flexibility index (Phi) is 21.2. The number of hydrogen-bond donors (Lipinski definition) is 2. The van der Waals surface area contributed by atoms with E-state index in [0.29, 0.717) is 22.9 Å². The minimum atomic E-state index is 0.292. The molecular weight excluding hydrogens is 1350 g/mol. The monoisotopic (exact) mass is 1450 g/mol. The largest absolute Gasteiger partial charge is 0.505 e. The molecule has 0 radical (unpaired) electrons. The molecule has 8 aliphatic heterocycles. The maximum atomic E-state index is 11.0.